The van der Waals surface area contributed by atoms with Gasteiger partial charge in [-0.2, -0.15) is 0 Å². The quantitative estimate of drug-likeness (QED) is 0.724. The van der Waals surface area contributed by atoms with Gasteiger partial charge in [0.15, 0.2) is 0 Å². The topological polar surface area (TPSA) is 20.2 Å². The maximum absolute atomic E-state index is 9.50. The van der Waals surface area contributed by atoms with Gasteiger partial charge in [0.1, 0.15) is 0 Å². The third-order valence-electron chi connectivity index (χ3n) is 1.94. The third-order valence-corrected chi connectivity index (χ3v) is 1.94. The summed E-state index contributed by atoms with van der Waals surface area (Å²) in [6.45, 7) is 2.09. The van der Waals surface area contributed by atoms with Gasteiger partial charge in [0.2, 0.25) is 0 Å². The van der Waals surface area contributed by atoms with Crippen LogP contribution in [0.1, 0.15) is 25.3 Å². The van der Waals surface area contributed by atoms with E-state index in [-0.39, 0.29) is 6.10 Å². The first-order chi connectivity index (χ1) is 5.83. The van der Waals surface area contributed by atoms with E-state index < -0.39 is 0 Å². The molecule has 0 aromatic heterocycles. The van der Waals surface area contributed by atoms with Crippen LogP contribution in [0.3, 0.4) is 0 Å². The van der Waals surface area contributed by atoms with Gasteiger partial charge in [-0.05, 0) is 18.4 Å². The highest BCUT2D eigenvalue weighted by atomic mass is 16.3. The Morgan fingerprint density at radius 3 is 2.50 bits per heavy atom. The molecule has 12 heavy (non-hydrogen) atoms. The molecule has 1 aromatic rings. The predicted molar refractivity (Wildman–Crippen MR) is 51.1 cm³/mol. The van der Waals surface area contributed by atoms with Gasteiger partial charge in [0, 0.05) is 0 Å². The van der Waals surface area contributed by atoms with Crippen molar-refractivity contribution in [3.05, 3.63) is 35.9 Å². The van der Waals surface area contributed by atoms with Crippen LogP contribution >= 0.6 is 0 Å². The van der Waals surface area contributed by atoms with E-state index >= 15 is 0 Å². The third kappa shape index (κ3) is 3.05. The molecule has 1 rings (SSSR count). The fourth-order valence-electron chi connectivity index (χ4n) is 1.32. The summed E-state index contributed by atoms with van der Waals surface area (Å²) in [6.07, 6.45) is 2.56. The van der Waals surface area contributed by atoms with E-state index in [1.165, 1.54) is 5.56 Å². The minimum atomic E-state index is -0.169. The van der Waals surface area contributed by atoms with Crippen LogP contribution in [0.15, 0.2) is 30.3 Å². The van der Waals surface area contributed by atoms with Crippen molar-refractivity contribution in [2.75, 3.05) is 0 Å². The van der Waals surface area contributed by atoms with Crippen LogP contribution in [0.5, 0.6) is 0 Å². The first-order valence-electron chi connectivity index (χ1n) is 4.55. The minimum Gasteiger partial charge on any atom is -0.393 e. The van der Waals surface area contributed by atoms with Gasteiger partial charge in [-0.15, -0.1) is 0 Å². The Bertz CT molecular complexity index is 206. The predicted octanol–water partition coefficient (Wildman–Crippen LogP) is 2.39. The molecule has 1 heteroatoms. The molecule has 0 spiro atoms. The summed E-state index contributed by atoms with van der Waals surface area (Å²) < 4.78 is 0. The zero-order valence-electron chi connectivity index (χ0n) is 7.53. The molecule has 66 valence electrons. The molecule has 1 N–H and O–H groups in total. The first kappa shape index (κ1) is 9.27. The molecule has 0 fully saturated rings. The SMILES string of the molecule is CCC[C@@H](O)Cc1ccccc1. The van der Waals surface area contributed by atoms with Crippen molar-refractivity contribution in [3.63, 3.8) is 0 Å². The average Bonchev–Trinajstić information content (AvgIpc) is 2.06. The van der Waals surface area contributed by atoms with Crippen LogP contribution in [0, 0.1) is 0 Å². The normalized spacial score (nSPS) is 12.8. The van der Waals surface area contributed by atoms with E-state index in [4.69, 9.17) is 0 Å². The average molecular weight is 164 g/mol. The van der Waals surface area contributed by atoms with Crippen LogP contribution in [-0.4, -0.2) is 11.2 Å². The van der Waals surface area contributed by atoms with Crippen LogP contribution < -0.4 is 0 Å². The second-order valence-corrected chi connectivity index (χ2v) is 3.13. The van der Waals surface area contributed by atoms with E-state index in [2.05, 4.69) is 19.1 Å². The van der Waals surface area contributed by atoms with Crippen molar-refractivity contribution >= 4 is 0 Å². The van der Waals surface area contributed by atoms with Crippen LogP contribution in [0.4, 0.5) is 0 Å². The second kappa shape index (κ2) is 4.94. The van der Waals surface area contributed by atoms with Crippen molar-refractivity contribution in [2.45, 2.75) is 32.3 Å². The lowest BCUT2D eigenvalue weighted by molar-refractivity contribution is 0.164. The second-order valence-electron chi connectivity index (χ2n) is 3.13. The summed E-state index contributed by atoms with van der Waals surface area (Å²) in [7, 11) is 0. The van der Waals surface area contributed by atoms with Gasteiger partial charge >= 0.3 is 0 Å². The molecule has 0 amide bonds. The van der Waals surface area contributed by atoms with E-state index in [9.17, 15) is 5.11 Å². The summed E-state index contributed by atoms with van der Waals surface area (Å²) in [5.41, 5.74) is 1.22. The maximum Gasteiger partial charge on any atom is 0.0580 e. The Labute approximate surface area is 74.1 Å². The number of rotatable bonds is 4. The van der Waals surface area contributed by atoms with Crippen molar-refractivity contribution in [3.8, 4) is 0 Å². The number of benzene rings is 1. The molecular weight excluding hydrogens is 148 g/mol. The smallest absolute Gasteiger partial charge is 0.0580 e. The summed E-state index contributed by atoms with van der Waals surface area (Å²) in [5, 5.41) is 9.50. The van der Waals surface area contributed by atoms with Gasteiger partial charge in [0.05, 0.1) is 6.10 Å². The molecule has 0 bridgehead atoms. The Morgan fingerprint density at radius 2 is 1.92 bits per heavy atom. The number of aliphatic hydroxyl groups excluding tert-OH is 1. The molecule has 0 aliphatic heterocycles. The van der Waals surface area contributed by atoms with E-state index in [0.29, 0.717) is 0 Å². The Hall–Kier alpha value is -0.820. The Balaban J connectivity index is 2.41. The highest BCUT2D eigenvalue weighted by Crippen LogP contribution is 2.06. The first-order valence-corrected chi connectivity index (χ1v) is 4.55. The zero-order chi connectivity index (χ0) is 8.81. The van der Waals surface area contributed by atoms with Crippen molar-refractivity contribution in [2.24, 2.45) is 0 Å². The summed E-state index contributed by atoms with van der Waals surface area (Å²) in [4.78, 5) is 0. The highest BCUT2D eigenvalue weighted by molar-refractivity contribution is 5.15. The monoisotopic (exact) mass is 164 g/mol. The summed E-state index contributed by atoms with van der Waals surface area (Å²) in [6, 6.07) is 10.1. The highest BCUT2D eigenvalue weighted by Gasteiger charge is 2.02. The van der Waals surface area contributed by atoms with E-state index in [1.807, 2.05) is 18.2 Å². The van der Waals surface area contributed by atoms with Gasteiger partial charge in [-0.1, -0.05) is 43.7 Å². The van der Waals surface area contributed by atoms with Gasteiger partial charge < -0.3 is 5.11 Å². The van der Waals surface area contributed by atoms with Gasteiger partial charge in [0.25, 0.3) is 0 Å². The summed E-state index contributed by atoms with van der Waals surface area (Å²) >= 11 is 0. The van der Waals surface area contributed by atoms with Crippen LogP contribution in [0.2, 0.25) is 0 Å². The molecule has 0 saturated carbocycles. The van der Waals surface area contributed by atoms with Crippen molar-refractivity contribution < 1.29 is 5.11 Å². The molecule has 0 unspecified atom stereocenters. The van der Waals surface area contributed by atoms with Gasteiger partial charge in [-0.25, -0.2) is 0 Å². The van der Waals surface area contributed by atoms with Crippen LogP contribution in [0.25, 0.3) is 0 Å². The van der Waals surface area contributed by atoms with Crippen molar-refractivity contribution in [1.82, 2.24) is 0 Å². The minimum absolute atomic E-state index is 0.169. The number of hydrogen-bond acceptors (Lipinski definition) is 1. The van der Waals surface area contributed by atoms with Crippen LogP contribution in [-0.2, 0) is 6.42 Å². The van der Waals surface area contributed by atoms with Gasteiger partial charge in [-0.3, -0.25) is 0 Å². The molecule has 0 aliphatic carbocycles. The molecular formula is C11H16O. The zero-order valence-corrected chi connectivity index (χ0v) is 7.53. The number of aliphatic hydroxyl groups is 1. The molecule has 0 radical (unpaired) electrons. The van der Waals surface area contributed by atoms with E-state index in [0.717, 1.165) is 19.3 Å². The summed E-state index contributed by atoms with van der Waals surface area (Å²) in [5.74, 6) is 0. The Morgan fingerprint density at radius 1 is 1.25 bits per heavy atom. The lowest BCUT2D eigenvalue weighted by atomic mass is 10.1. The molecule has 0 aliphatic rings. The fourth-order valence-corrected chi connectivity index (χ4v) is 1.32. The fraction of sp³-hybridized carbons (Fsp3) is 0.455. The largest absolute Gasteiger partial charge is 0.393 e. The van der Waals surface area contributed by atoms with E-state index in [1.54, 1.807) is 0 Å². The number of hydrogen-bond donors (Lipinski definition) is 1. The molecule has 0 saturated heterocycles. The molecule has 1 nitrogen and oxygen atoms in total. The molecule has 0 heterocycles. The Kier molecular flexibility index (Phi) is 3.81. The lowest BCUT2D eigenvalue weighted by Crippen LogP contribution is -2.09. The lowest BCUT2D eigenvalue weighted by Gasteiger charge is -2.08. The maximum atomic E-state index is 9.50. The molecule has 1 atom stereocenters. The van der Waals surface area contributed by atoms with Crippen molar-refractivity contribution in [1.29, 1.82) is 0 Å². The standard InChI is InChI=1S/C11H16O/c1-2-6-11(12)9-10-7-4-3-5-8-10/h3-5,7-8,11-12H,2,6,9H2,1H3/t11-/m1/s1. The molecule has 1 aromatic carbocycles.